The van der Waals surface area contributed by atoms with E-state index in [2.05, 4.69) is 0 Å². The summed E-state index contributed by atoms with van der Waals surface area (Å²) in [6.07, 6.45) is 1.11. The van der Waals surface area contributed by atoms with Gasteiger partial charge >= 0.3 is 0 Å². The van der Waals surface area contributed by atoms with Gasteiger partial charge < -0.3 is 20.0 Å². The maximum atomic E-state index is 11.7. The number of likely N-dealkylation sites (N-methyl/N-ethyl adjacent to an activating group) is 1. The van der Waals surface area contributed by atoms with Crippen LogP contribution >= 0.6 is 0 Å². The average Bonchev–Trinajstić information content (AvgIpc) is 2.73. The van der Waals surface area contributed by atoms with E-state index in [0.717, 1.165) is 6.29 Å². The molecule has 0 aromatic heterocycles. The average molecular weight is 286 g/mol. The van der Waals surface area contributed by atoms with Crippen LogP contribution in [0.25, 0.3) is 0 Å². The summed E-state index contributed by atoms with van der Waals surface area (Å²) in [5.74, 6) is 0.146. The van der Waals surface area contributed by atoms with Crippen molar-refractivity contribution in [1.29, 1.82) is 0 Å². The second-order valence-corrected chi connectivity index (χ2v) is 5.35. The molecule has 20 heavy (non-hydrogen) atoms. The molecule has 0 saturated carbocycles. The molecule has 6 nitrogen and oxygen atoms in total. The molecule has 1 fully saturated rings. The summed E-state index contributed by atoms with van der Waals surface area (Å²) in [5.41, 5.74) is 5.88. The molecular weight excluding hydrogens is 260 g/mol. The number of carbonyl (C=O) groups excluding carboxylic acids is 2. The van der Waals surface area contributed by atoms with Crippen molar-refractivity contribution < 1.29 is 19.1 Å². The van der Waals surface area contributed by atoms with Gasteiger partial charge in [-0.3, -0.25) is 9.69 Å². The molecule has 0 bridgehead atoms. The Morgan fingerprint density at radius 1 is 1.50 bits per heavy atom. The predicted molar refractivity (Wildman–Crippen MR) is 75.2 cm³/mol. The van der Waals surface area contributed by atoms with Gasteiger partial charge in [-0.1, -0.05) is 0 Å². The Balaban J connectivity index is 2.70. The third kappa shape index (κ3) is 4.09. The summed E-state index contributed by atoms with van der Waals surface area (Å²) in [5, 5.41) is 0. The number of aldehydes is 1. The van der Waals surface area contributed by atoms with Crippen LogP contribution in [-0.2, 0) is 19.1 Å². The third-order valence-electron chi connectivity index (χ3n) is 3.94. The Morgan fingerprint density at radius 3 is 2.65 bits per heavy atom. The van der Waals surface area contributed by atoms with Crippen LogP contribution in [0, 0.1) is 5.92 Å². The van der Waals surface area contributed by atoms with E-state index in [1.807, 2.05) is 25.8 Å². The summed E-state index contributed by atoms with van der Waals surface area (Å²) in [4.78, 5) is 24.6. The molecule has 5 atom stereocenters. The van der Waals surface area contributed by atoms with E-state index >= 15 is 0 Å². The van der Waals surface area contributed by atoms with E-state index < -0.39 is 6.04 Å². The van der Waals surface area contributed by atoms with Gasteiger partial charge in [0.05, 0.1) is 18.7 Å². The van der Waals surface area contributed by atoms with Gasteiger partial charge in [0, 0.05) is 18.6 Å². The zero-order chi connectivity index (χ0) is 15.3. The maximum Gasteiger partial charge on any atom is 0.154 e. The van der Waals surface area contributed by atoms with Crippen molar-refractivity contribution in [2.24, 2.45) is 11.7 Å². The monoisotopic (exact) mass is 286 g/mol. The number of Topliss-reactive ketones (excluding diaryl/α,β-unsaturated/α-hetero) is 1. The molecule has 0 aliphatic carbocycles. The van der Waals surface area contributed by atoms with Crippen LogP contribution in [0.15, 0.2) is 0 Å². The van der Waals surface area contributed by atoms with Gasteiger partial charge in [0.15, 0.2) is 6.29 Å². The second kappa shape index (κ2) is 7.83. The molecule has 1 aliphatic rings. The molecule has 2 unspecified atom stereocenters. The summed E-state index contributed by atoms with van der Waals surface area (Å²) in [6, 6.07) is -0.974. The lowest BCUT2D eigenvalue weighted by molar-refractivity contribution is -0.137. The molecule has 0 aromatic rings. The lowest BCUT2D eigenvalue weighted by Gasteiger charge is -2.29. The number of carbonyl (C=O) groups is 2. The number of hydrogen-bond donors (Lipinski definition) is 1. The van der Waals surface area contributed by atoms with Crippen LogP contribution in [0.5, 0.6) is 0 Å². The molecule has 0 radical (unpaired) electrons. The minimum Gasteiger partial charge on any atom is -0.353 e. The van der Waals surface area contributed by atoms with E-state index in [-0.39, 0.29) is 30.1 Å². The summed E-state index contributed by atoms with van der Waals surface area (Å²) in [6.45, 7) is 6.32. The fourth-order valence-electron chi connectivity index (χ4n) is 2.96. The van der Waals surface area contributed by atoms with Crippen molar-refractivity contribution in [3.05, 3.63) is 0 Å². The van der Waals surface area contributed by atoms with Crippen LogP contribution < -0.4 is 5.73 Å². The lowest BCUT2D eigenvalue weighted by Crippen LogP contribution is -2.50. The molecule has 6 heteroatoms. The van der Waals surface area contributed by atoms with Gasteiger partial charge in [0.1, 0.15) is 12.1 Å². The van der Waals surface area contributed by atoms with Gasteiger partial charge in [-0.25, -0.2) is 0 Å². The van der Waals surface area contributed by atoms with Crippen LogP contribution in [0.1, 0.15) is 27.2 Å². The lowest BCUT2D eigenvalue weighted by atomic mass is 9.94. The Kier molecular flexibility index (Phi) is 6.75. The molecule has 0 amide bonds. The molecular formula is C14H26N2O4. The predicted octanol–water partition coefficient (Wildman–Crippen LogP) is 0.190. The largest absolute Gasteiger partial charge is 0.353 e. The smallest absolute Gasteiger partial charge is 0.154 e. The highest BCUT2D eigenvalue weighted by molar-refractivity contribution is 5.82. The van der Waals surface area contributed by atoms with Crippen LogP contribution in [0.4, 0.5) is 0 Å². The van der Waals surface area contributed by atoms with Gasteiger partial charge in [-0.05, 0) is 34.2 Å². The van der Waals surface area contributed by atoms with Gasteiger partial charge in [-0.15, -0.1) is 0 Å². The zero-order valence-corrected chi connectivity index (χ0v) is 12.7. The summed E-state index contributed by atoms with van der Waals surface area (Å²) in [7, 11) is 1.84. The number of ether oxygens (including phenoxy) is 2. The van der Waals surface area contributed by atoms with Gasteiger partial charge in [0.25, 0.3) is 0 Å². The van der Waals surface area contributed by atoms with E-state index in [0.29, 0.717) is 19.6 Å². The first-order valence-electron chi connectivity index (χ1n) is 7.08. The highest BCUT2D eigenvalue weighted by Gasteiger charge is 2.43. The van der Waals surface area contributed by atoms with Crippen molar-refractivity contribution in [2.75, 3.05) is 20.3 Å². The summed E-state index contributed by atoms with van der Waals surface area (Å²) >= 11 is 0. The fourth-order valence-corrected chi connectivity index (χ4v) is 2.96. The Morgan fingerprint density at radius 2 is 2.15 bits per heavy atom. The molecule has 0 spiro atoms. The molecule has 1 heterocycles. The molecule has 0 aromatic carbocycles. The number of hydrogen-bond acceptors (Lipinski definition) is 6. The Bertz CT molecular complexity index is 337. The highest BCUT2D eigenvalue weighted by atomic mass is 16.7. The maximum absolute atomic E-state index is 11.7. The van der Waals surface area contributed by atoms with E-state index in [1.165, 1.54) is 0 Å². The van der Waals surface area contributed by atoms with Gasteiger partial charge in [-0.2, -0.15) is 0 Å². The standard InChI is InChI=1S/C14H26N2O4/c1-5-19-10(3)20-8-11-6-13(9(2)18)16(4)14(11)12(15)7-17/h7,10-14H,5-6,8,15H2,1-4H3/t10?,11-,12?,13+,14+/m0/s1. The minimum atomic E-state index is -0.611. The second-order valence-electron chi connectivity index (χ2n) is 5.35. The van der Waals surface area contributed by atoms with Crippen LogP contribution in [0.3, 0.4) is 0 Å². The number of nitrogens with zero attached hydrogens (tertiary/aromatic N) is 1. The molecule has 1 rings (SSSR count). The van der Waals surface area contributed by atoms with Crippen molar-refractivity contribution in [2.45, 2.75) is 51.6 Å². The topological polar surface area (TPSA) is 81.9 Å². The molecule has 116 valence electrons. The third-order valence-corrected chi connectivity index (χ3v) is 3.94. The zero-order valence-electron chi connectivity index (χ0n) is 12.7. The first kappa shape index (κ1) is 17.2. The minimum absolute atomic E-state index is 0.0528. The quantitative estimate of drug-likeness (QED) is 0.507. The number of rotatable bonds is 8. The van der Waals surface area contributed by atoms with E-state index in [1.54, 1.807) is 6.92 Å². The van der Waals surface area contributed by atoms with Crippen molar-refractivity contribution >= 4 is 12.1 Å². The fraction of sp³-hybridized carbons (Fsp3) is 0.857. The van der Waals surface area contributed by atoms with Crippen molar-refractivity contribution in [3.63, 3.8) is 0 Å². The number of ketones is 1. The van der Waals surface area contributed by atoms with Gasteiger partial charge in [0.2, 0.25) is 0 Å². The normalized spacial score (nSPS) is 30.1. The van der Waals surface area contributed by atoms with Crippen molar-refractivity contribution in [3.8, 4) is 0 Å². The van der Waals surface area contributed by atoms with Crippen molar-refractivity contribution in [1.82, 2.24) is 4.90 Å². The highest BCUT2D eigenvalue weighted by Crippen LogP contribution is 2.31. The SMILES string of the molecule is CCOC(C)OC[C@@H]1C[C@H](C(C)=O)N(C)[C@H]1C(N)C=O. The molecule has 2 N–H and O–H groups in total. The van der Waals surface area contributed by atoms with E-state index in [9.17, 15) is 9.59 Å². The Labute approximate surface area is 120 Å². The summed E-state index contributed by atoms with van der Waals surface area (Å²) < 4.78 is 11.0. The number of likely N-dealkylation sites (tertiary alicyclic amines) is 1. The van der Waals surface area contributed by atoms with Crippen LogP contribution in [0.2, 0.25) is 0 Å². The van der Waals surface area contributed by atoms with Crippen LogP contribution in [-0.4, -0.2) is 61.6 Å². The molecule has 1 aliphatic heterocycles. The molecule has 1 saturated heterocycles. The first-order chi connectivity index (χ1) is 9.42. The first-order valence-corrected chi connectivity index (χ1v) is 7.08. The van der Waals surface area contributed by atoms with E-state index in [4.69, 9.17) is 15.2 Å². The Hall–Kier alpha value is -0.820. The number of nitrogens with two attached hydrogens (primary N) is 1.